The predicted molar refractivity (Wildman–Crippen MR) is 121 cm³/mol. The molecule has 1 saturated heterocycles. The minimum absolute atomic E-state index is 0.0616. The van der Waals surface area contributed by atoms with E-state index in [1.165, 1.54) is 10.4 Å². The Morgan fingerprint density at radius 3 is 2.62 bits per heavy atom. The van der Waals surface area contributed by atoms with E-state index >= 15 is 0 Å². The number of likely N-dealkylation sites (N-methyl/N-ethyl adjacent to an activating group) is 1. The highest BCUT2D eigenvalue weighted by Gasteiger charge is 2.28. The standard InChI is InChI=1S/C21H34N4O6S/c1-16-6-7-18(14-19(16)32(28,29)25-9-12-31-13-10-25)23-21(27)17(2)24(3)15-20(26)22-8-5-11-30-4/h6-7,14,17H,5,8-13,15H2,1-4H3,(H,22,26)(H,23,27). The summed E-state index contributed by atoms with van der Waals surface area (Å²) in [6.07, 6.45) is 0.713. The molecule has 0 radical (unpaired) electrons. The van der Waals surface area contributed by atoms with Crippen LogP contribution < -0.4 is 10.6 Å². The van der Waals surface area contributed by atoms with Gasteiger partial charge in [-0.05, 0) is 45.0 Å². The van der Waals surface area contributed by atoms with Crippen LogP contribution in [0.3, 0.4) is 0 Å². The molecule has 1 heterocycles. The number of anilines is 1. The van der Waals surface area contributed by atoms with Crippen molar-refractivity contribution in [3.05, 3.63) is 23.8 Å². The van der Waals surface area contributed by atoms with Crippen LogP contribution in [0.15, 0.2) is 23.1 Å². The quantitative estimate of drug-likeness (QED) is 0.450. The smallest absolute Gasteiger partial charge is 0.243 e. The molecule has 1 aromatic rings. The van der Waals surface area contributed by atoms with E-state index in [0.29, 0.717) is 57.1 Å². The van der Waals surface area contributed by atoms with Gasteiger partial charge in [0.25, 0.3) is 0 Å². The van der Waals surface area contributed by atoms with Gasteiger partial charge in [0, 0.05) is 39.0 Å². The molecule has 1 fully saturated rings. The Hall–Kier alpha value is -2.05. The van der Waals surface area contributed by atoms with Crippen LogP contribution in [0.5, 0.6) is 0 Å². The van der Waals surface area contributed by atoms with Gasteiger partial charge in [-0.15, -0.1) is 0 Å². The molecule has 1 atom stereocenters. The number of nitrogens with one attached hydrogen (secondary N) is 2. The number of rotatable bonds is 11. The molecule has 10 nitrogen and oxygen atoms in total. The molecule has 2 rings (SSSR count). The second-order valence-electron chi connectivity index (χ2n) is 7.77. The van der Waals surface area contributed by atoms with Gasteiger partial charge in [0.15, 0.2) is 0 Å². The third-order valence-corrected chi connectivity index (χ3v) is 7.37. The highest BCUT2D eigenvalue weighted by Crippen LogP contribution is 2.24. The summed E-state index contributed by atoms with van der Waals surface area (Å²) in [7, 11) is -0.402. The topological polar surface area (TPSA) is 117 Å². The number of benzene rings is 1. The van der Waals surface area contributed by atoms with Crippen LogP contribution >= 0.6 is 0 Å². The lowest BCUT2D eigenvalue weighted by atomic mass is 10.2. The van der Waals surface area contributed by atoms with Crippen molar-refractivity contribution in [2.75, 3.05) is 65.5 Å². The molecular weight excluding hydrogens is 436 g/mol. The Balaban J connectivity index is 2.00. The van der Waals surface area contributed by atoms with Crippen LogP contribution in [0.4, 0.5) is 5.69 Å². The first-order chi connectivity index (χ1) is 15.2. The molecule has 1 aromatic carbocycles. The first-order valence-electron chi connectivity index (χ1n) is 10.6. The zero-order chi connectivity index (χ0) is 23.7. The molecule has 180 valence electrons. The number of hydrogen-bond donors (Lipinski definition) is 2. The van der Waals surface area contributed by atoms with E-state index in [0.717, 1.165) is 0 Å². The van der Waals surface area contributed by atoms with Crippen molar-refractivity contribution < 1.29 is 27.5 Å². The minimum atomic E-state index is -3.69. The van der Waals surface area contributed by atoms with Gasteiger partial charge in [0.05, 0.1) is 30.7 Å². The fourth-order valence-corrected chi connectivity index (χ4v) is 4.85. The van der Waals surface area contributed by atoms with E-state index in [1.54, 1.807) is 45.0 Å². The molecule has 1 unspecified atom stereocenters. The Kier molecular flexibility index (Phi) is 10.0. The van der Waals surface area contributed by atoms with Crippen LogP contribution in [0, 0.1) is 6.92 Å². The number of amides is 2. The van der Waals surface area contributed by atoms with Gasteiger partial charge in [-0.25, -0.2) is 8.42 Å². The molecular formula is C21H34N4O6S. The maximum Gasteiger partial charge on any atom is 0.243 e. The minimum Gasteiger partial charge on any atom is -0.385 e. The number of ether oxygens (including phenoxy) is 2. The van der Waals surface area contributed by atoms with E-state index in [2.05, 4.69) is 10.6 Å². The van der Waals surface area contributed by atoms with Crippen LogP contribution in [0.2, 0.25) is 0 Å². The van der Waals surface area contributed by atoms with Gasteiger partial charge in [0.2, 0.25) is 21.8 Å². The van der Waals surface area contributed by atoms with Gasteiger partial charge in [-0.3, -0.25) is 14.5 Å². The summed E-state index contributed by atoms with van der Waals surface area (Å²) in [5, 5.41) is 5.54. The lowest BCUT2D eigenvalue weighted by Gasteiger charge is -2.27. The van der Waals surface area contributed by atoms with Gasteiger partial charge in [-0.2, -0.15) is 4.31 Å². The molecule has 11 heteroatoms. The normalized spacial score (nSPS) is 16.0. The van der Waals surface area contributed by atoms with E-state index in [1.807, 2.05) is 0 Å². The molecule has 32 heavy (non-hydrogen) atoms. The summed E-state index contributed by atoms with van der Waals surface area (Å²) in [6, 6.07) is 4.22. The maximum atomic E-state index is 13.0. The van der Waals surface area contributed by atoms with Crippen molar-refractivity contribution in [1.29, 1.82) is 0 Å². The average molecular weight is 471 g/mol. The fraction of sp³-hybridized carbons (Fsp3) is 0.619. The lowest BCUT2D eigenvalue weighted by Crippen LogP contribution is -2.45. The van der Waals surface area contributed by atoms with Crippen molar-refractivity contribution in [2.24, 2.45) is 0 Å². The molecule has 0 aliphatic carbocycles. The van der Waals surface area contributed by atoms with Crippen molar-refractivity contribution in [2.45, 2.75) is 31.2 Å². The highest BCUT2D eigenvalue weighted by molar-refractivity contribution is 7.89. The first kappa shape index (κ1) is 26.2. The van der Waals surface area contributed by atoms with Crippen LogP contribution in [0.1, 0.15) is 18.9 Å². The number of carbonyl (C=O) groups is 2. The summed E-state index contributed by atoms with van der Waals surface area (Å²) < 4.78 is 37.6. The molecule has 1 aliphatic rings. The number of nitrogens with zero attached hydrogens (tertiary/aromatic N) is 2. The van der Waals surface area contributed by atoms with Crippen LogP contribution in [-0.4, -0.2) is 95.6 Å². The maximum absolute atomic E-state index is 13.0. The molecule has 1 aliphatic heterocycles. The molecule has 0 saturated carbocycles. The van der Waals surface area contributed by atoms with E-state index in [4.69, 9.17) is 9.47 Å². The van der Waals surface area contributed by atoms with Gasteiger partial charge < -0.3 is 20.1 Å². The number of methoxy groups -OCH3 is 1. The monoisotopic (exact) mass is 470 g/mol. The van der Waals surface area contributed by atoms with E-state index in [9.17, 15) is 18.0 Å². The largest absolute Gasteiger partial charge is 0.385 e. The predicted octanol–water partition coefficient (Wildman–Crippen LogP) is 0.427. The van der Waals surface area contributed by atoms with Crippen molar-refractivity contribution in [3.63, 3.8) is 0 Å². The number of aryl methyl sites for hydroxylation is 1. The van der Waals surface area contributed by atoms with E-state index < -0.39 is 16.1 Å². The average Bonchev–Trinajstić information content (AvgIpc) is 2.77. The molecule has 2 N–H and O–H groups in total. The first-order valence-corrected chi connectivity index (χ1v) is 12.1. The second-order valence-corrected chi connectivity index (χ2v) is 9.68. The Morgan fingerprint density at radius 2 is 1.97 bits per heavy atom. The Morgan fingerprint density at radius 1 is 1.28 bits per heavy atom. The lowest BCUT2D eigenvalue weighted by molar-refractivity contribution is -0.124. The third-order valence-electron chi connectivity index (χ3n) is 5.32. The summed E-state index contributed by atoms with van der Waals surface area (Å²) in [5.41, 5.74) is 0.988. The van der Waals surface area contributed by atoms with Crippen molar-refractivity contribution >= 4 is 27.5 Å². The van der Waals surface area contributed by atoms with Gasteiger partial charge >= 0.3 is 0 Å². The second kappa shape index (κ2) is 12.3. The van der Waals surface area contributed by atoms with Gasteiger partial charge in [-0.1, -0.05) is 6.07 Å². The zero-order valence-corrected chi connectivity index (χ0v) is 20.0. The molecule has 0 bridgehead atoms. The van der Waals surface area contributed by atoms with E-state index in [-0.39, 0.29) is 23.3 Å². The zero-order valence-electron chi connectivity index (χ0n) is 19.2. The van der Waals surface area contributed by atoms with Crippen molar-refractivity contribution in [3.8, 4) is 0 Å². The Labute approximate surface area is 190 Å². The molecule has 0 spiro atoms. The van der Waals surface area contributed by atoms with Crippen LogP contribution in [0.25, 0.3) is 0 Å². The number of morpholine rings is 1. The SMILES string of the molecule is COCCCNC(=O)CN(C)C(C)C(=O)Nc1ccc(C)c(S(=O)(=O)N2CCOCC2)c1. The fourth-order valence-electron chi connectivity index (χ4n) is 3.19. The third kappa shape index (κ3) is 7.24. The summed E-state index contributed by atoms with van der Waals surface area (Å²) >= 11 is 0. The summed E-state index contributed by atoms with van der Waals surface area (Å²) in [4.78, 5) is 26.5. The molecule has 2 amide bonds. The van der Waals surface area contributed by atoms with Gasteiger partial charge in [0.1, 0.15) is 0 Å². The Bertz CT molecular complexity index is 886. The summed E-state index contributed by atoms with van der Waals surface area (Å²) in [6.45, 7) is 5.86. The number of sulfonamides is 1. The van der Waals surface area contributed by atoms with Crippen molar-refractivity contribution in [1.82, 2.24) is 14.5 Å². The number of hydrogen-bond acceptors (Lipinski definition) is 7. The number of carbonyl (C=O) groups excluding carboxylic acids is 2. The summed E-state index contributed by atoms with van der Waals surface area (Å²) in [5.74, 6) is -0.518. The van der Waals surface area contributed by atoms with Crippen LogP contribution in [-0.2, 0) is 29.1 Å². The molecule has 0 aromatic heterocycles. The highest BCUT2D eigenvalue weighted by atomic mass is 32.2.